The molecule has 90 valence electrons. The van der Waals surface area contributed by atoms with Crippen molar-refractivity contribution in [2.24, 2.45) is 0 Å². The zero-order chi connectivity index (χ0) is 12.6. The number of nitrogen functional groups attached to an aromatic ring is 1. The molecule has 0 atom stereocenters. The van der Waals surface area contributed by atoms with E-state index >= 15 is 0 Å². The predicted molar refractivity (Wildman–Crippen MR) is 68.7 cm³/mol. The molecule has 0 saturated carbocycles. The number of carbonyl (C=O) groups is 2. The molecule has 0 bridgehead atoms. The average molecular weight is 298 g/mol. The number of halogens is 1. The van der Waals surface area contributed by atoms with E-state index < -0.39 is 0 Å². The van der Waals surface area contributed by atoms with E-state index in [2.05, 4.69) is 21.2 Å². The summed E-state index contributed by atoms with van der Waals surface area (Å²) in [5.74, 6) is -0.578. The van der Waals surface area contributed by atoms with E-state index in [-0.39, 0.29) is 24.9 Å². The van der Waals surface area contributed by atoms with Crippen LogP contribution in [0, 0.1) is 6.92 Å². The van der Waals surface area contributed by atoms with Crippen molar-refractivity contribution in [2.45, 2.75) is 6.92 Å². The first-order valence-corrected chi connectivity index (χ1v) is 5.90. The number of imide groups is 1. The molecule has 0 aromatic heterocycles. The van der Waals surface area contributed by atoms with Crippen LogP contribution in [0.3, 0.4) is 0 Å². The molecule has 3 N–H and O–H groups in total. The molecule has 17 heavy (non-hydrogen) atoms. The van der Waals surface area contributed by atoms with E-state index in [1.807, 2.05) is 13.0 Å². The van der Waals surface area contributed by atoms with Crippen LogP contribution >= 0.6 is 15.9 Å². The van der Waals surface area contributed by atoms with Crippen LogP contribution in [-0.2, 0) is 9.59 Å². The maximum Gasteiger partial charge on any atom is 0.246 e. The van der Waals surface area contributed by atoms with Crippen molar-refractivity contribution in [3.05, 3.63) is 22.2 Å². The molecule has 1 aromatic rings. The van der Waals surface area contributed by atoms with Crippen LogP contribution in [0.5, 0.6) is 0 Å². The maximum absolute atomic E-state index is 11.3. The van der Waals surface area contributed by atoms with Gasteiger partial charge < -0.3 is 10.6 Å². The lowest BCUT2D eigenvalue weighted by molar-refractivity contribution is -0.130. The minimum atomic E-state index is -0.289. The third-order valence-corrected chi connectivity index (χ3v) is 3.26. The topological polar surface area (TPSA) is 75.4 Å². The van der Waals surface area contributed by atoms with Crippen LogP contribution in [0.1, 0.15) is 5.56 Å². The van der Waals surface area contributed by atoms with Crippen molar-refractivity contribution in [2.75, 3.05) is 23.7 Å². The van der Waals surface area contributed by atoms with E-state index in [0.717, 1.165) is 15.7 Å². The fourth-order valence-corrected chi connectivity index (χ4v) is 2.34. The Labute approximate surface area is 107 Å². The highest BCUT2D eigenvalue weighted by atomic mass is 79.9. The molecular weight excluding hydrogens is 286 g/mol. The molecule has 2 amide bonds. The lowest BCUT2D eigenvalue weighted by atomic mass is 10.1. The number of benzene rings is 1. The van der Waals surface area contributed by atoms with Crippen LogP contribution in [0.4, 0.5) is 11.4 Å². The molecule has 6 heteroatoms. The minimum Gasteiger partial charge on any atom is -0.398 e. The molecule has 0 aliphatic carbocycles. The van der Waals surface area contributed by atoms with Crippen molar-refractivity contribution >= 4 is 39.1 Å². The standard InChI is InChI=1S/C11H12BrN3O2/c1-6-2-9(7(12)3-8(6)13)15-4-10(16)14-11(17)5-15/h2-3H,4-5,13H2,1H3,(H,14,16,17). The van der Waals surface area contributed by atoms with Gasteiger partial charge in [0.1, 0.15) is 0 Å². The summed E-state index contributed by atoms with van der Waals surface area (Å²) >= 11 is 3.39. The zero-order valence-corrected chi connectivity index (χ0v) is 10.9. The third kappa shape index (κ3) is 2.41. The summed E-state index contributed by atoms with van der Waals surface area (Å²) < 4.78 is 0.781. The van der Waals surface area contributed by atoms with E-state index in [9.17, 15) is 9.59 Å². The van der Waals surface area contributed by atoms with Gasteiger partial charge in [0.2, 0.25) is 11.8 Å². The Morgan fingerprint density at radius 3 is 2.47 bits per heavy atom. The third-order valence-electron chi connectivity index (χ3n) is 2.62. The van der Waals surface area contributed by atoms with Crippen LogP contribution in [0.2, 0.25) is 0 Å². The van der Waals surface area contributed by atoms with Gasteiger partial charge in [0.05, 0.1) is 18.8 Å². The molecule has 1 aliphatic heterocycles. The number of carbonyl (C=O) groups excluding carboxylic acids is 2. The van der Waals surface area contributed by atoms with Crippen molar-refractivity contribution in [3.8, 4) is 0 Å². The highest BCUT2D eigenvalue weighted by Gasteiger charge is 2.24. The number of nitrogens with zero attached hydrogens (tertiary/aromatic N) is 1. The Balaban J connectivity index is 2.36. The first kappa shape index (κ1) is 11.9. The van der Waals surface area contributed by atoms with Crippen LogP contribution in [0.25, 0.3) is 0 Å². The number of piperazine rings is 1. The molecule has 1 saturated heterocycles. The molecule has 1 fully saturated rings. The molecule has 0 radical (unpaired) electrons. The fraction of sp³-hybridized carbons (Fsp3) is 0.273. The molecule has 0 unspecified atom stereocenters. The molecule has 1 heterocycles. The normalized spacial score (nSPS) is 16.0. The SMILES string of the molecule is Cc1cc(N2CC(=O)NC(=O)C2)c(Br)cc1N. The van der Waals surface area contributed by atoms with Crippen molar-refractivity contribution < 1.29 is 9.59 Å². The molecule has 2 rings (SSSR count). The minimum absolute atomic E-state index is 0.174. The number of amides is 2. The van der Waals surface area contributed by atoms with Gasteiger partial charge in [-0.2, -0.15) is 0 Å². The first-order valence-electron chi connectivity index (χ1n) is 5.10. The lowest BCUT2D eigenvalue weighted by Crippen LogP contribution is -2.51. The smallest absolute Gasteiger partial charge is 0.246 e. The Kier molecular flexibility index (Phi) is 3.06. The molecule has 1 aliphatic rings. The summed E-state index contributed by atoms with van der Waals surface area (Å²) in [4.78, 5) is 24.3. The summed E-state index contributed by atoms with van der Waals surface area (Å²) in [5, 5.41) is 2.26. The van der Waals surface area contributed by atoms with Crippen molar-refractivity contribution in [3.63, 3.8) is 0 Å². The van der Waals surface area contributed by atoms with Crippen LogP contribution < -0.4 is 16.0 Å². The zero-order valence-electron chi connectivity index (χ0n) is 9.29. The predicted octanol–water partition coefficient (Wildman–Crippen LogP) is 0.803. The van der Waals surface area contributed by atoms with Gasteiger partial charge in [-0.15, -0.1) is 0 Å². The van der Waals surface area contributed by atoms with Crippen LogP contribution in [-0.4, -0.2) is 24.9 Å². The Morgan fingerprint density at radius 2 is 1.88 bits per heavy atom. The van der Waals surface area contributed by atoms with Gasteiger partial charge in [0, 0.05) is 10.2 Å². The summed E-state index contributed by atoms with van der Waals surface area (Å²) in [5.41, 5.74) is 8.18. The molecule has 5 nitrogen and oxygen atoms in total. The summed E-state index contributed by atoms with van der Waals surface area (Å²) in [7, 11) is 0. The van der Waals surface area contributed by atoms with Crippen molar-refractivity contribution in [1.82, 2.24) is 5.32 Å². The Hall–Kier alpha value is -1.56. The molecule has 1 aromatic carbocycles. The number of hydrogen-bond acceptors (Lipinski definition) is 4. The van der Waals surface area contributed by atoms with E-state index in [1.165, 1.54) is 0 Å². The number of aryl methyl sites for hydroxylation is 1. The number of hydrogen-bond donors (Lipinski definition) is 2. The van der Waals surface area contributed by atoms with Crippen LogP contribution in [0.15, 0.2) is 16.6 Å². The van der Waals surface area contributed by atoms with Gasteiger partial charge in [-0.3, -0.25) is 14.9 Å². The summed E-state index contributed by atoms with van der Waals surface area (Å²) in [6.07, 6.45) is 0. The van der Waals surface area contributed by atoms with Gasteiger partial charge in [-0.05, 0) is 40.5 Å². The lowest BCUT2D eigenvalue weighted by Gasteiger charge is -2.28. The largest absolute Gasteiger partial charge is 0.398 e. The molecular formula is C11H12BrN3O2. The average Bonchev–Trinajstić information content (AvgIpc) is 2.22. The number of nitrogens with two attached hydrogens (primary N) is 1. The highest BCUT2D eigenvalue weighted by Crippen LogP contribution is 2.31. The number of rotatable bonds is 1. The summed E-state index contributed by atoms with van der Waals surface area (Å²) in [6.45, 7) is 2.23. The van der Waals surface area contributed by atoms with Crippen molar-refractivity contribution in [1.29, 1.82) is 0 Å². The Bertz CT molecular complexity index is 486. The maximum atomic E-state index is 11.3. The van der Waals surface area contributed by atoms with E-state index in [1.54, 1.807) is 11.0 Å². The van der Waals surface area contributed by atoms with E-state index in [4.69, 9.17) is 5.73 Å². The second-order valence-corrected chi connectivity index (χ2v) is 4.84. The quantitative estimate of drug-likeness (QED) is 0.594. The van der Waals surface area contributed by atoms with Gasteiger partial charge in [0.25, 0.3) is 0 Å². The van der Waals surface area contributed by atoms with Gasteiger partial charge >= 0.3 is 0 Å². The van der Waals surface area contributed by atoms with Gasteiger partial charge in [0.15, 0.2) is 0 Å². The monoisotopic (exact) mass is 297 g/mol. The summed E-state index contributed by atoms with van der Waals surface area (Å²) in [6, 6.07) is 3.65. The second-order valence-electron chi connectivity index (χ2n) is 3.99. The fourth-order valence-electron chi connectivity index (χ4n) is 1.73. The molecule has 0 spiro atoms. The van der Waals surface area contributed by atoms with Gasteiger partial charge in [-0.1, -0.05) is 0 Å². The number of nitrogens with one attached hydrogen (secondary N) is 1. The Morgan fingerprint density at radius 1 is 1.29 bits per heavy atom. The second kappa shape index (κ2) is 4.37. The highest BCUT2D eigenvalue weighted by molar-refractivity contribution is 9.10. The van der Waals surface area contributed by atoms with E-state index in [0.29, 0.717) is 5.69 Å². The number of anilines is 2. The first-order chi connectivity index (χ1) is 7.97. The van der Waals surface area contributed by atoms with Gasteiger partial charge in [-0.25, -0.2) is 0 Å².